The molecule has 17 heavy (non-hydrogen) atoms. The standard InChI is InChI=1S/C15H19IO/c1-10-6-11(2)8-13(7-10)15(17)12-4-3-5-14(16)9-12/h3-5,9-11,13H,6-8H2,1-2H3. The van der Waals surface area contributed by atoms with Gasteiger partial charge in [0.2, 0.25) is 0 Å². The largest absolute Gasteiger partial charge is 0.294 e. The third-order valence-corrected chi connectivity index (χ3v) is 4.33. The van der Waals surface area contributed by atoms with E-state index in [1.807, 2.05) is 24.3 Å². The first-order valence-electron chi connectivity index (χ1n) is 6.36. The van der Waals surface area contributed by atoms with Crippen LogP contribution in [0.1, 0.15) is 43.5 Å². The van der Waals surface area contributed by atoms with Gasteiger partial charge in [0, 0.05) is 15.1 Å². The van der Waals surface area contributed by atoms with Crippen molar-refractivity contribution in [3.63, 3.8) is 0 Å². The third-order valence-electron chi connectivity index (χ3n) is 3.66. The molecule has 1 aromatic carbocycles. The van der Waals surface area contributed by atoms with E-state index in [1.54, 1.807) is 0 Å². The Morgan fingerprint density at radius 1 is 1.18 bits per heavy atom. The molecule has 2 atom stereocenters. The monoisotopic (exact) mass is 342 g/mol. The molecule has 2 rings (SSSR count). The summed E-state index contributed by atoms with van der Waals surface area (Å²) in [5.41, 5.74) is 0.892. The zero-order valence-corrected chi connectivity index (χ0v) is 12.6. The third kappa shape index (κ3) is 3.30. The van der Waals surface area contributed by atoms with E-state index in [-0.39, 0.29) is 5.92 Å². The fraction of sp³-hybridized carbons (Fsp3) is 0.533. The summed E-state index contributed by atoms with van der Waals surface area (Å²) in [7, 11) is 0. The molecule has 1 fully saturated rings. The molecule has 2 heteroatoms. The van der Waals surface area contributed by atoms with E-state index in [1.165, 1.54) is 6.42 Å². The number of halogens is 1. The minimum atomic E-state index is 0.243. The number of hydrogen-bond donors (Lipinski definition) is 0. The molecule has 0 amide bonds. The van der Waals surface area contributed by atoms with Gasteiger partial charge in [-0.2, -0.15) is 0 Å². The molecule has 0 N–H and O–H groups in total. The number of rotatable bonds is 2. The maximum absolute atomic E-state index is 12.4. The van der Waals surface area contributed by atoms with Crippen LogP contribution in [0.4, 0.5) is 0 Å². The first-order chi connectivity index (χ1) is 8.06. The Balaban J connectivity index is 2.14. The molecule has 1 aromatic rings. The summed E-state index contributed by atoms with van der Waals surface area (Å²) < 4.78 is 1.14. The van der Waals surface area contributed by atoms with Gasteiger partial charge >= 0.3 is 0 Å². The summed E-state index contributed by atoms with van der Waals surface area (Å²) in [6.45, 7) is 4.54. The highest BCUT2D eigenvalue weighted by atomic mass is 127. The van der Waals surface area contributed by atoms with Crippen molar-refractivity contribution in [3.05, 3.63) is 33.4 Å². The van der Waals surface area contributed by atoms with Crippen molar-refractivity contribution in [1.29, 1.82) is 0 Å². The topological polar surface area (TPSA) is 17.1 Å². The molecule has 2 unspecified atom stereocenters. The van der Waals surface area contributed by atoms with Crippen LogP contribution in [0.5, 0.6) is 0 Å². The predicted octanol–water partition coefficient (Wildman–Crippen LogP) is 4.55. The lowest BCUT2D eigenvalue weighted by Crippen LogP contribution is -2.26. The van der Waals surface area contributed by atoms with Crippen LogP contribution in [0, 0.1) is 21.3 Å². The van der Waals surface area contributed by atoms with E-state index in [2.05, 4.69) is 36.4 Å². The Kier molecular flexibility index (Phi) is 4.23. The summed E-state index contributed by atoms with van der Waals surface area (Å²) in [6, 6.07) is 7.97. The van der Waals surface area contributed by atoms with Crippen LogP contribution in [0.25, 0.3) is 0 Å². The zero-order chi connectivity index (χ0) is 12.4. The van der Waals surface area contributed by atoms with Crippen LogP contribution in [0.2, 0.25) is 0 Å². The fourth-order valence-electron chi connectivity index (χ4n) is 3.04. The predicted molar refractivity (Wildman–Crippen MR) is 79.2 cm³/mol. The summed E-state index contributed by atoms with van der Waals surface area (Å²) in [4.78, 5) is 12.4. The molecule has 0 radical (unpaired) electrons. The molecule has 1 nitrogen and oxygen atoms in total. The van der Waals surface area contributed by atoms with Crippen molar-refractivity contribution in [3.8, 4) is 0 Å². The highest BCUT2D eigenvalue weighted by Crippen LogP contribution is 2.34. The molecule has 0 aromatic heterocycles. The molecule has 0 heterocycles. The van der Waals surface area contributed by atoms with Gasteiger partial charge in [0.05, 0.1) is 0 Å². The highest BCUT2D eigenvalue weighted by molar-refractivity contribution is 14.1. The van der Waals surface area contributed by atoms with Crippen molar-refractivity contribution >= 4 is 28.4 Å². The van der Waals surface area contributed by atoms with Gasteiger partial charge in [-0.05, 0) is 65.8 Å². The van der Waals surface area contributed by atoms with Gasteiger partial charge in [-0.1, -0.05) is 26.0 Å². The Hall–Kier alpha value is -0.380. The van der Waals surface area contributed by atoms with Crippen LogP contribution in [-0.2, 0) is 0 Å². The maximum Gasteiger partial charge on any atom is 0.165 e. The molecule has 0 spiro atoms. The molecular formula is C15H19IO. The zero-order valence-electron chi connectivity index (χ0n) is 10.4. The molecule has 92 valence electrons. The van der Waals surface area contributed by atoms with E-state index in [9.17, 15) is 4.79 Å². The number of hydrogen-bond acceptors (Lipinski definition) is 1. The lowest BCUT2D eigenvalue weighted by atomic mass is 9.74. The number of carbonyl (C=O) groups is 1. The quantitative estimate of drug-likeness (QED) is 0.569. The van der Waals surface area contributed by atoms with Crippen molar-refractivity contribution in [2.75, 3.05) is 0 Å². The number of benzene rings is 1. The van der Waals surface area contributed by atoms with Crippen molar-refractivity contribution in [1.82, 2.24) is 0 Å². The summed E-state index contributed by atoms with van der Waals surface area (Å²) in [5.74, 6) is 1.97. The first-order valence-corrected chi connectivity index (χ1v) is 7.44. The van der Waals surface area contributed by atoms with Crippen LogP contribution in [0.15, 0.2) is 24.3 Å². The van der Waals surface area contributed by atoms with Crippen LogP contribution in [-0.4, -0.2) is 5.78 Å². The highest BCUT2D eigenvalue weighted by Gasteiger charge is 2.29. The van der Waals surface area contributed by atoms with Gasteiger partial charge in [0.25, 0.3) is 0 Å². The van der Waals surface area contributed by atoms with Gasteiger partial charge in [0.15, 0.2) is 5.78 Å². The molecule has 1 aliphatic carbocycles. The lowest BCUT2D eigenvalue weighted by Gasteiger charge is -2.30. The molecule has 1 saturated carbocycles. The SMILES string of the molecule is CC1CC(C)CC(C(=O)c2cccc(I)c2)C1. The molecule has 0 aliphatic heterocycles. The van der Waals surface area contributed by atoms with Crippen LogP contribution >= 0.6 is 22.6 Å². The molecule has 0 bridgehead atoms. The van der Waals surface area contributed by atoms with Crippen molar-refractivity contribution in [2.45, 2.75) is 33.1 Å². The summed E-state index contributed by atoms with van der Waals surface area (Å²) >= 11 is 2.27. The Labute approximate surface area is 117 Å². The van der Waals surface area contributed by atoms with E-state index in [0.717, 1.165) is 22.0 Å². The van der Waals surface area contributed by atoms with E-state index >= 15 is 0 Å². The average Bonchev–Trinajstić information content (AvgIpc) is 2.26. The fourth-order valence-corrected chi connectivity index (χ4v) is 3.58. The Bertz CT molecular complexity index is 403. The number of ketones is 1. The average molecular weight is 342 g/mol. The van der Waals surface area contributed by atoms with Crippen LogP contribution < -0.4 is 0 Å². The van der Waals surface area contributed by atoms with Gasteiger partial charge < -0.3 is 0 Å². The van der Waals surface area contributed by atoms with Crippen molar-refractivity contribution < 1.29 is 4.79 Å². The van der Waals surface area contributed by atoms with E-state index < -0.39 is 0 Å². The lowest BCUT2D eigenvalue weighted by molar-refractivity contribution is 0.0836. The molecular weight excluding hydrogens is 323 g/mol. The van der Waals surface area contributed by atoms with Gasteiger partial charge in [-0.25, -0.2) is 0 Å². The number of carbonyl (C=O) groups excluding carboxylic acids is 1. The summed E-state index contributed by atoms with van der Waals surface area (Å²) in [5, 5.41) is 0. The Morgan fingerprint density at radius 2 is 1.82 bits per heavy atom. The second-order valence-corrected chi connectivity index (χ2v) is 6.73. The van der Waals surface area contributed by atoms with E-state index in [4.69, 9.17) is 0 Å². The molecule has 1 aliphatic rings. The minimum Gasteiger partial charge on any atom is -0.294 e. The smallest absolute Gasteiger partial charge is 0.165 e. The first kappa shape index (κ1) is 13.1. The Morgan fingerprint density at radius 3 is 2.41 bits per heavy atom. The minimum absolute atomic E-state index is 0.243. The number of Topliss-reactive ketones (excluding diaryl/α,β-unsaturated/α-hetero) is 1. The second-order valence-electron chi connectivity index (χ2n) is 5.49. The molecule has 0 saturated heterocycles. The normalized spacial score (nSPS) is 29.0. The van der Waals surface area contributed by atoms with Crippen molar-refractivity contribution in [2.24, 2.45) is 17.8 Å². The van der Waals surface area contributed by atoms with Gasteiger partial charge in [-0.3, -0.25) is 4.79 Å². The summed E-state index contributed by atoms with van der Waals surface area (Å²) in [6.07, 6.45) is 3.40. The maximum atomic E-state index is 12.4. The van der Waals surface area contributed by atoms with Gasteiger partial charge in [-0.15, -0.1) is 0 Å². The van der Waals surface area contributed by atoms with Gasteiger partial charge in [0.1, 0.15) is 0 Å². The van der Waals surface area contributed by atoms with E-state index in [0.29, 0.717) is 17.6 Å². The second kappa shape index (κ2) is 5.51. The van der Waals surface area contributed by atoms with Crippen LogP contribution in [0.3, 0.4) is 0 Å².